The van der Waals surface area contributed by atoms with E-state index in [2.05, 4.69) is 0 Å². The number of nitrogens with two attached hydrogens (primary N) is 1. The van der Waals surface area contributed by atoms with Gasteiger partial charge in [0.25, 0.3) is 0 Å². The molecule has 1 unspecified atom stereocenters. The zero-order chi connectivity index (χ0) is 9.84. The fraction of sp³-hybridized carbons (Fsp3) is 0.250. The van der Waals surface area contributed by atoms with E-state index in [0.717, 1.165) is 6.07 Å². The lowest BCUT2D eigenvalue weighted by Crippen LogP contribution is -2.03. The normalized spacial score (nSPS) is 12.8. The van der Waals surface area contributed by atoms with Crippen LogP contribution in [-0.2, 0) is 10.8 Å². The van der Waals surface area contributed by atoms with Crippen molar-refractivity contribution >= 4 is 16.5 Å². The van der Waals surface area contributed by atoms with E-state index >= 15 is 0 Å². The third-order valence-electron chi connectivity index (χ3n) is 1.48. The molecule has 1 rings (SSSR count). The summed E-state index contributed by atoms with van der Waals surface area (Å²) in [7, 11) is -1.55. The first-order valence-electron chi connectivity index (χ1n) is 3.64. The average molecular weight is 205 g/mol. The minimum absolute atomic E-state index is 0.145. The van der Waals surface area contributed by atoms with E-state index in [1.165, 1.54) is 12.1 Å². The predicted octanol–water partition coefficient (Wildman–Crippen LogP) is 1.49. The van der Waals surface area contributed by atoms with Crippen molar-refractivity contribution in [1.29, 1.82) is 0 Å². The van der Waals surface area contributed by atoms with Crippen LogP contribution in [0.1, 0.15) is 0 Å². The Hall–Kier alpha value is -0.970. The van der Waals surface area contributed by atoms with Gasteiger partial charge in [0.1, 0.15) is 12.5 Å². The van der Waals surface area contributed by atoms with Crippen molar-refractivity contribution in [2.45, 2.75) is 4.90 Å². The zero-order valence-electron chi connectivity index (χ0n) is 6.80. The molecule has 72 valence electrons. The number of anilines is 1. The molecule has 1 atom stereocenters. The number of rotatable bonds is 3. The van der Waals surface area contributed by atoms with E-state index in [9.17, 15) is 13.0 Å². The minimum Gasteiger partial charge on any atom is -0.398 e. The van der Waals surface area contributed by atoms with Crippen molar-refractivity contribution in [3.63, 3.8) is 0 Å². The van der Waals surface area contributed by atoms with Gasteiger partial charge in [-0.25, -0.2) is 4.39 Å². The molecule has 0 bridgehead atoms. The van der Waals surface area contributed by atoms with Crippen LogP contribution < -0.4 is 5.73 Å². The SMILES string of the molecule is Nc1ccc(F)cc1S(=O)CCF. The first-order chi connectivity index (χ1) is 6.15. The van der Waals surface area contributed by atoms with Crippen molar-refractivity contribution in [2.24, 2.45) is 0 Å². The van der Waals surface area contributed by atoms with Crippen LogP contribution in [0, 0.1) is 5.82 Å². The van der Waals surface area contributed by atoms with Crippen LogP contribution in [0.3, 0.4) is 0 Å². The lowest BCUT2D eigenvalue weighted by molar-refractivity contribution is 0.528. The summed E-state index contributed by atoms with van der Waals surface area (Å²) >= 11 is 0. The highest BCUT2D eigenvalue weighted by Gasteiger charge is 2.08. The van der Waals surface area contributed by atoms with Crippen LogP contribution >= 0.6 is 0 Å². The van der Waals surface area contributed by atoms with Gasteiger partial charge in [0.15, 0.2) is 0 Å². The molecule has 1 aromatic rings. The largest absolute Gasteiger partial charge is 0.398 e. The van der Waals surface area contributed by atoms with E-state index in [4.69, 9.17) is 5.73 Å². The van der Waals surface area contributed by atoms with Crippen molar-refractivity contribution in [2.75, 3.05) is 18.2 Å². The summed E-state index contributed by atoms with van der Waals surface area (Å²) < 4.78 is 35.7. The second-order valence-electron chi connectivity index (χ2n) is 2.42. The maximum Gasteiger partial charge on any atom is 0.124 e. The maximum atomic E-state index is 12.7. The number of alkyl halides is 1. The van der Waals surface area contributed by atoms with Gasteiger partial charge in [0.2, 0.25) is 0 Å². The summed E-state index contributed by atoms with van der Waals surface area (Å²) in [5, 5.41) is 0. The Morgan fingerprint density at radius 2 is 2.15 bits per heavy atom. The van der Waals surface area contributed by atoms with Gasteiger partial charge in [0.05, 0.1) is 21.4 Å². The second-order valence-corrected chi connectivity index (χ2v) is 3.96. The van der Waals surface area contributed by atoms with Gasteiger partial charge in [-0.1, -0.05) is 0 Å². The zero-order valence-corrected chi connectivity index (χ0v) is 7.61. The molecule has 0 saturated heterocycles. The highest BCUT2D eigenvalue weighted by molar-refractivity contribution is 7.85. The Labute approximate surface area is 77.2 Å². The maximum absolute atomic E-state index is 12.7. The fourth-order valence-electron chi connectivity index (χ4n) is 0.885. The summed E-state index contributed by atoms with van der Waals surface area (Å²) in [6.45, 7) is -0.706. The minimum atomic E-state index is -1.55. The third-order valence-corrected chi connectivity index (χ3v) is 2.85. The molecule has 0 saturated carbocycles. The van der Waals surface area contributed by atoms with Crippen LogP contribution in [0.15, 0.2) is 23.1 Å². The van der Waals surface area contributed by atoms with E-state index < -0.39 is 23.3 Å². The number of halogens is 2. The third kappa shape index (κ3) is 2.48. The molecule has 0 aromatic heterocycles. The Balaban J connectivity index is 2.99. The Bertz CT molecular complexity index is 330. The van der Waals surface area contributed by atoms with Crippen LogP contribution in [0.5, 0.6) is 0 Å². The first-order valence-corrected chi connectivity index (χ1v) is 4.96. The number of nitrogen functional groups attached to an aromatic ring is 1. The average Bonchev–Trinajstić information content (AvgIpc) is 2.09. The van der Waals surface area contributed by atoms with Crippen LogP contribution in [0.4, 0.5) is 14.5 Å². The van der Waals surface area contributed by atoms with Crippen molar-refractivity contribution in [1.82, 2.24) is 0 Å². The number of benzene rings is 1. The van der Waals surface area contributed by atoms with E-state index in [1.807, 2.05) is 0 Å². The van der Waals surface area contributed by atoms with Crippen LogP contribution in [0.25, 0.3) is 0 Å². The van der Waals surface area contributed by atoms with E-state index in [0.29, 0.717) is 0 Å². The molecule has 0 aliphatic heterocycles. The molecule has 0 fully saturated rings. The summed E-state index contributed by atoms with van der Waals surface area (Å²) in [4.78, 5) is 0.164. The van der Waals surface area contributed by atoms with Gasteiger partial charge in [-0.2, -0.15) is 0 Å². The quantitative estimate of drug-likeness (QED) is 0.759. The predicted molar refractivity (Wildman–Crippen MR) is 48.1 cm³/mol. The van der Waals surface area contributed by atoms with E-state index in [-0.39, 0.29) is 16.3 Å². The molecule has 0 aliphatic rings. The first kappa shape index (κ1) is 10.1. The topological polar surface area (TPSA) is 43.1 Å². The van der Waals surface area contributed by atoms with Crippen LogP contribution in [-0.4, -0.2) is 16.6 Å². The Morgan fingerprint density at radius 1 is 1.46 bits per heavy atom. The van der Waals surface area contributed by atoms with E-state index in [1.54, 1.807) is 0 Å². The van der Waals surface area contributed by atoms with Gasteiger partial charge >= 0.3 is 0 Å². The fourth-order valence-corrected chi connectivity index (χ4v) is 1.82. The molecule has 0 heterocycles. The molecule has 0 amide bonds. The summed E-state index contributed by atoms with van der Waals surface area (Å²) in [5.74, 6) is -0.662. The molecule has 2 nitrogen and oxygen atoms in total. The lowest BCUT2D eigenvalue weighted by Gasteiger charge is -2.03. The van der Waals surface area contributed by atoms with Crippen molar-refractivity contribution in [3.8, 4) is 0 Å². The van der Waals surface area contributed by atoms with Gasteiger partial charge in [-0.15, -0.1) is 0 Å². The smallest absolute Gasteiger partial charge is 0.124 e. The Morgan fingerprint density at radius 3 is 2.77 bits per heavy atom. The standard InChI is InChI=1S/C8H9F2NOS/c9-3-4-13(12)8-5-6(10)1-2-7(8)11/h1-2,5H,3-4,11H2. The molecule has 1 aromatic carbocycles. The number of hydrogen-bond donors (Lipinski definition) is 1. The van der Waals surface area contributed by atoms with Gasteiger partial charge < -0.3 is 5.73 Å². The lowest BCUT2D eigenvalue weighted by atomic mass is 10.3. The monoisotopic (exact) mass is 205 g/mol. The Kier molecular flexibility index (Phi) is 3.36. The second kappa shape index (κ2) is 4.32. The number of hydrogen-bond acceptors (Lipinski definition) is 2. The summed E-state index contributed by atoms with van der Waals surface area (Å²) in [6, 6.07) is 3.56. The van der Waals surface area contributed by atoms with Gasteiger partial charge in [-0.3, -0.25) is 8.60 Å². The highest BCUT2D eigenvalue weighted by Crippen LogP contribution is 2.17. The molecule has 0 aliphatic carbocycles. The summed E-state index contributed by atoms with van der Waals surface area (Å²) in [6.07, 6.45) is 0. The van der Waals surface area contributed by atoms with Crippen LogP contribution in [0.2, 0.25) is 0 Å². The molecular formula is C8H9F2NOS. The molecule has 13 heavy (non-hydrogen) atoms. The summed E-state index contributed by atoms with van der Waals surface area (Å²) in [5.41, 5.74) is 5.67. The molecule has 0 radical (unpaired) electrons. The molecule has 5 heteroatoms. The van der Waals surface area contributed by atoms with Gasteiger partial charge in [0, 0.05) is 5.69 Å². The molecule has 2 N–H and O–H groups in total. The highest BCUT2D eigenvalue weighted by atomic mass is 32.2. The van der Waals surface area contributed by atoms with Gasteiger partial charge in [-0.05, 0) is 18.2 Å². The van der Waals surface area contributed by atoms with Crippen molar-refractivity contribution < 1.29 is 13.0 Å². The van der Waals surface area contributed by atoms with Crippen molar-refractivity contribution in [3.05, 3.63) is 24.0 Å². The molecule has 0 spiro atoms. The molecular weight excluding hydrogens is 196 g/mol.